The molecule has 1 fully saturated rings. The molecule has 0 aliphatic carbocycles. The molecule has 1 aromatic rings. The number of nitrogens with two attached hydrogens (primary N) is 1. The maximum Gasteiger partial charge on any atom is 0.254 e. The zero-order valence-corrected chi connectivity index (χ0v) is 12.7. The van der Waals surface area contributed by atoms with E-state index in [1.807, 2.05) is 0 Å². The van der Waals surface area contributed by atoms with Gasteiger partial charge in [-0.2, -0.15) is 0 Å². The van der Waals surface area contributed by atoms with E-state index in [1.54, 1.807) is 10.3 Å². The Labute approximate surface area is 117 Å². The van der Waals surface area contributed by atoms with Crippen LogP contribution < -0.4 is 5.14 Å². The molecule has 0 spiro atoms. The summed E-state index contributed by atoms with van der Waals surface area (Å²) in [5, 5.41) is 6.60. The van der Waals surface area contributed by atoms with Crippen molar-refractivity contribution in [2.24, 2.45) is 10.6 Å². The van der Waals surface area contributed by atoms with Gasteiger partial charge in [0.1, 0.15) is 4.21 Å². The minimum atomic E-state index is -3.72. The number of carbonyl (C=O) groups is 1. The van der Waals surface area contributed by atoms with Crippen LogP contribution in [0.15, 0.2) is 15.7 Å². The van der Waals surface area contributed by atoms with Crippen molar-refractivity contribution in [3.8, 4) is 0 Å². The highest BCUT2D eigenvalue weighted by molar-refractivity contribution is 7.91. The fraction of sp³-hybridized carbons (Fsp3) is 0.583. The van der Waals surface area contributed by atoms with E-state index >= 15 is 0 Å². The zero-order chi connectivity index (χ0) is 14.3. The van der Waals surface area contributed by atoms with Crippen LogP contribution >= 0.6 is 11.3 Å². The number of hydrogen-bond donors (Lipinski definition) is 1. The molecule has 1 aliphatic rings. The fourth-order valence-corrected chi connectivity index (χ4v) is 3.65. The Balaban J connectivity index is 2.11. The minimum absolute atomic E-state index is 0.0354. The second kappa shape index (κ2) is 4.88. The number of likely N-dealkylation sites (tertiary alicyclic amines) is 1. The van der Waals surface area contributed by atoms with E-state index in [2.05, 4.69) is 13.8 Å². The Morgan fingerprint density at radius 2 is 1.95 bits per heavy atom. The van der Waals surface area contributed by atoms with Crippen LogP contribution in [0.3, 0.4) is 0 Å². The van der Waals surface area contributed by atoms with Crippen LogP contribution in [0.25, 0.3) is 0 Å². The number of thiophene rings is 1. The van der Waals surface area contributed by atoms with Gasteiger partial charge in [0.25, 0.3) is 5.91 Å². The lowest BCUT2D eigenvalue weighted by Crippen LogP contribution is -2.41. The molecule has 19 heavy (non-hydrogen) atoms. The van der Waals surface area contributed by atoms with E-state index in [-0.39, 0.29) is 15.5 Å². The largest absolute Gasteiger partial charge is 0.339 e. The predicted octanol–water partition coefficient (Wildman–Crippen LogP) is 1.66. The van der Waals surface area contributed by atoms with Crippen LogP contribution in [0, 0.1) is 5.41 Å². The number of amides is 1. The second-order valence-corrected chi connectivity index (χ2v) is 8.36. The van der Waals surface area contributed by atoms with Gasteiger partial charge in [-0.25, -0.2) is 13.6 Å². The van der Waals surface area contributed by atoms with E-state index in [4.69, 9.17) is 5.14 Å². The molecule has 0 saturated carbocycles. The van der Waals surface area contributed by atoms with Gasteiger partial charge in [0.05, 0.1) is 5.56 Å². The van der Waals surface area contributed by atoms with Crippen LogP contribution in [0.4, 0.5) is 0 Å². The summed E-state index contributed by atoms with van der Waals surface area (Å²) in [5.41, 5.74) is 0.686. The highest BCUT2D eigenvalue weighted by atomic mass is 32.2. The third-order valence-electron chi connectivity index (χ3n) is 3.51. The monoisotopic (exact) mass is 302 g/mol. The van der Waals surface area contributed by atoms with Crippen molar-refractivity contribution < 1.29 is 13.2 Å². The third kappa shape index (κ3) is 3.34. The predicted molar refractivity (Wildman–Crippen MR) is 74.6 cm³/mol. The number of carbonyl (C=O) groups excluding carboxylic acids is 1. The van der Waals surface area contributed by atoms with E-state index < -0.39 is 10.0 Å². The summed E-state index contributed by atoms with van der Waals surface area (Å²) in [6.07, 6.45) is 1.93. The lowest BCUT2D eigenvalue weighted by Gasteiger charge is -2.36. The standard InChI is InChI=1S/C12H18N2O3S2/c1-12(2)3-5-14(6-4-12)11(15)9-7-10(18-8-9)19(13,16)17/h7-8H,3-6H2,1-2H3,(H2,13,16,17). The smallest absolute Gasteiger partial charge is 0.254 e. The number of primary sulfonamides is 1. The number of piperidine rings is 1. The maximum absolute atomic E-state index is 12.2. The SMILES string of the molecule is CC1(C)CCN(C(=O)c2csc(S(N)(=O)=O)c2)CC1. The van der Waals surface area contributed by atoms with Gasteiger partial charge in [0.15, 0.2) is 0 Å². The first-order valence-corrected chi connectivity index (χ1v) is 8.52. The van der Waals surface area contributed by atoms with Gasteiger partial charge in [0, 0.05) is 18.5 Å². The topological polar surface area (TPSA) is 80.5 Å². The second-order valence-electron chi connectivity index (χ2n) is 5.66. The molecule has 2 N–H and O–H groups in total. The summed E-state index contributed by atoms with van der Waals surface area (Å²) >= 11 is 0.988. The van der Waals surface area contributed by atoms with Gasteiger partial charge in [0.2, 0.25) is 10.0 Å². The summed E-state index contributed by atoms with van der Waals surface area (Å²) in [5.74, 6) is -0.110. The normalized spacial score (nSPS) is 19.4. The van der Waals surface area contributed by atoms with Crippen molar-refractivity contribution in [1.82, 2.24) is 4.90 Å². The molecule has 0 radical (unpaired) electrons. The summed E-state index contributed by atoms with van der Waals surface area (Å²) in [6, 6.07) is 1.36. The molecule has 0 aromatic carbocycles. The first-order valence-electron chi connectivity index (χ1n) is 6.10. The Morgan fingerprint density at radius 3 is 2.42 bits per heavy atom. The van der Waals surface area contributed by atoms with E-state index in [0.717, 1.165) is 24.2 Å². The van der Waals surface area contributed by atoms with Crippen molar-refractivity contribution in [2.45, 2.75) is 30.9 Å². The summed E-state index contributed by atoms with van der Waals surface area (Å²) in [7, 11) is -3.72. The summed E-state index contributed by atoms with van der Waals surface area (Å²) < 4.78 is 22.4. The molecule has 5 nitrogen and oxygen atoms in total. The quantitative estimate of drug-likeness (QED) is 0.902. The molecule has 106 valence electrons. The average Bonchev–Trinajstić information content (AvgIpc) is 2.77. The highest BCUT2D eigenvalue weighted by Gasteiger charge is 2.29. The first-order chi connectivity index (χ1) is 8.69. The molecule has 7 heteroatoms. The molecule has 1 amide bonds. The van der Waals surface area contributed by atoms with Gasteiger partial charge in [-0.3, -0.25) is 4.79 Å². The van der Waals surface area contributed by atoms with Gasteiger partial charge < -0.3 is 4.90 Å². The molecule has 1 saturated heterocycles. The Hall–Kier alpha value is -0.920. The molecule has 0 unspecified atom stereocenters. The van der Waals surface area contributed by atoms with Crippen molar-refractivity contribution >= 4 is 27.3 Å². The van der Waals surface area contributed by atoms with Gasteiger partial charge in [-0.05, 0) is 24.3 Å². The maximum atomic E-state index is 12.2. The number of hydrogen-bond acceptors (Lipinski definition) is 4. The highest BCUT2D eigenvalue weighted by Crippen LogP contribution is 2.30. The fourth-order valence-electron chi connectivity index (χ4n) is 2.08. The average molecular weight is 302 g/mol. The van der Waals surface area contributed by atoms with E-state index in [1.165, 1.54) is 6.07 Å². The molecule has 2 heterocycles. The van der Waals surface area contributed by atoms with Crippen LogP contribution in [0.5, 0.6) is 0 Å². The van der Waals surface area contributed by atoms with Crippen LogP contribution in [0.1, 0.15) is 37.0 Å². The molecular formula is C12H18N2O3S2. The van der Waals surface area contributed by atoms with Gasteiger partial charge in [-0.1, -0.05) is 13.8 Å². The molecule has 2 rings (SSSR count). The molecule has 0 bridgehead atoms. The van der Waals surface area contributed by atoms with E-state index in [0.29, 0.717) is 18.7 Å². The lowest BCUT2D eigenvalue weighted by atomic mass is 9.82. The Bertz CT molecular complexity index is 580. The van der Waals surface area contributed by atoms with Crippen LogP contribution in [-0.2, 0) is 10.0 Å². The number of sulfonamides is 1. The van der Waals surface area contributed by atoms with Crippen molar-refractivity contribution in [1.29, 1.82) is 0 Å². The zero-order valence-electron chi connectivity index (χ0n) is 11.0. The number of nitrogens with zero attached hydrogens (tertiary/aromatic N) is 1. The number of rotatable bonds is 2. The molecular weight excluding hydrogens is 284 g/mol. The first kappa shape index (κ1) is 14.5. The summed E-state index contributed by atoms with van der Waals surface area (Å²) in [4.78, 5) is 14.0. The lowest BCUT2D eigenvalue weighted by molar-refractivity contribution is 0.0630. The van der Waals surface area contributed by atoms with Gasteiger partial charge >= 0.3 is 0 Å². The van der Waals surface area contributed by atoms with Crippen LogP contribution in [0.2, 0.25) is 0 Å². The van der Waals surface area contributed by atoms with Crippen molar-refractivity contribution in [3.63, 3.8) is 0 Å². The van der Waals surface area contributed by atoms with Gasteiger partial charge in [-0.15, -0.1) is 11.3 Å². The van der Waals surface area contributed by atoms with Crippen molar-refractivity contribution in [2.75, 3.05) is 13.1 Å². The van der Waals surface area contributed by atoms with E-state index in [9.17, 15) is 13.2 Å². The summed E-state index contributed by atoms with van der Waals surface area (Å²) in [6.45, 7) is 5.82. The Morgan fingerprint density at radius 1 is 1.37 bits per heavy atom. The third-order valence-corrected chi connectivity index (χ3v) is 5.89. The minimum Gasteiger partial charge on any atom is -0.339 e. The molecule has 1 aromatic heterocycles. The van der Waals surface area contributed by atoms with Crippen molar-refractivity contribution in [3.05, 3.63) is 17.0 Å². The molecule has 1 aliphatic heterocycles. The Kier molecular flexibility index (Phi) is 3.72. The van der Waals surface area contributed by atoms with Crippen LogP contribution in [-0.4, -0.2) is 32.3 Å². The molecule has 0 atom stereocenters.